The number of ether oxygens (including phenoxy) is 1. The summed E-state index contributed by atoms with van der Waals surface area (Å²) in [5, 5.41) is 0.687. The summed E-state index contributed by atoms with van der Waals surface area (Å²) in [4.78, 5) is 2.39. The van der Waals surface area contributed by atoms with Crippen LogP contribution in [0.2, 0.25) is 5.02 Å². The number of methoxy groups -OCH3 is 1. The topological polar surface area (TPSA) is 38.5 Å². The van der Waals surface area contributed by atoms with Crippen LogP contribution in [0.15, 0.2) is 48.5 Å². The van der Waals surface area contributed by atoms with Crippen molar-refractivity contribution in [3.05, 3.63) is 64.7 Å². The lowest BCUT2D eigenvalue weighted by Crippen LogP contribution is -2.28. The van der Waals surface area contributed by atoms with Crippen LogP contribution in [0.5, 0.6) is 5.75 Å². The van der Waals surface area contributed by atoms with Gasteiger partial charge in [-0.1, -0.05) is 54.1 Å². The molecule has 3 nitrogen and oxygen atoms in total. The van der Waals surface area contributed by atoms with Crippen molar-refractivity contribution in [2.45, 2.75) is 18.5 Å². The van der Waals surface area contributed by atoms with Gasteiger partial charge in [0.1, 0.15) is 5.75 Å². The third kappa shape index (κ3) is 3.12. The van der Waals surface area contributed by atoms with Crippen molar-refractivity contribution < 1.29 is 4.74 Å². The Morgan fingerprint density at radius 2 is 1.91 bits per heavy atom. The van der Waals surface area contributed by atoms with Crippen LogP contribution >= 0.6 is 11.6 Å². The molecule has 0 amide bonds. The van der Waals surface area contributed by atoms with Gasteiger partial charge in [-0.25, -0.2) is 0 Å². The molecule has 1 saturated heterocycles. The highest BCUT2D eigenvalue weighted by molar-refractivity contribution is 6.32. The second-order valence-electron chi connectivity index (χ2n) is 5.81. The Kier molecular flexibility index (Phi) is 4.67. The van der Waals surface area contributed by atoms with Crippen molar-refractivity contribution in [1.82, 2.24) is 4.90 Å². The lowest BCUT2D eigenvalue weighted by atomic mass is 9.94. The SMILES string of the molecule is COc1cccc(C2CN(Cc3ccccc3)CC2N)c1Cl. The largest absolute Gasteiger partial charge is 0.495 e. The Hall–Kier alpha value is -1.55. The van der Waals surface area contributed by atoms with E-state index in [0.29, 0.717) is 10.8 Å². The molecule has 2 N–H and O–H groups in total. The summed E-state index contributed by atoms with van der Waals surface area (Å²) in [5.41, 5.74) is 8.77. The number of hydrogen-bond donors (Lipinski definition) is 1. The summed E-state index contributed by atoms with van der Waals surface area (Å²) in [6.45, 7) is 2.72. The molecule has 0 aliphatic carbocycles. The first-order valence-corrected chi connectivity index (χ1v) is 7.91. The molecular weight excluding hydrogens is 296 g/mol. The number of hydrogen-bond acceptors (Lipinski definition) is 3. The normalized spacial score (nSPS) is 22.0. The molecule has 22 heavy (non-hydrogen) atoms. The van der Waals surface area contributed by atoms with Crippen molar-refractivity contribution in [2.75, 3.05) is 20.2 Å². The zero-order valence-corrected chi connectivity index (χ0v) is 13.5. The molecule has 1 aliphatic heterocycles. The van der Waals surface area contributed by atoms with Gasteiger partial charge in [-0.15, -0.1) is 0 Å². The second-order valence-corrected chi connectivity index (χ2v) is 6.19. The van der Waals surface area contributed by atoms with Crippen molar-refractivity contribution >= 4 is 11.6 Å². The fraction of sp³-hybridized carbons (Fsp3) is 0.333. The maximum Gasteiger partial charge on any atom is 0.137 e. The Labute approximate surface area is 136 Å². The quantitative estimate of drug-likeness (QED) is 0.941. The zero-order valence-electron chi connectivity index (χ0n) is 12.7. The lowest BCUT2D eigenvalue weighted by Gasteiger charge is -2.18. The Balaban J connectivity index is 1.76. The number of likely N-dealkylation sites (tertiary alicyclic amines) is 1. The van der Waals surface area contributed by atoms with Crippen LogP contribution < -0.4 is 10.5 Å². The third-order valence-corrected chi connectivity index (χ3v) is 4.71. The zero-order chi connectivity index (χ0) is 15.5. The van der Waals surface area contributed by atoms with E-state index in [1.54, 1.807) is 7.11 Å². The van der Waals surface area contributed by atoms with Gasteiger partial charge in [-0.3, -0.25) is 4.90 Å². The summed E-state index contributed by atoms with van der Waals surface area (Å²) in [5.74, 6) is 0.958. The molecule has 2 atom stereocenters. The van der Waals surface area contributed by atoms with Gasteiger partial charge in [0.15, 0.2) is 0 Å². The van der Waals surface area contributed by atoms with Crippen LogP contribution in [0.3, 0.4) is 0 Å². The van der Waals surface area contributed by atoms with Crippen LogP contribution in [0.25, 0.3) is 0 Å². The van der Waals surface area contributed by atoms with Gasteiger partial charge in [-0.05, 0) is 17.2 Å². The smallest absolute Gasteiger partial charge is 0.137 e. The van der Waals surface area contributed by atoms with E-state index < -0.39 is 0 Å². The lowest BCUT2D eigenvalue weighted by molar-refractivity contribution is 0.323. The third-order valence-electron chi connectivity index (χ3n) is 4.30. The summed E-state index contributed by atoms with van der Waals surface area (Å²) in [6.07, 6.45) is 0. The van der Waals surface area contributed by atoms with Gasteiger partial charge in [0.2, 0.25) is 0 Å². The Bertz CT molecular complexity index is 632. The summed E-state index contributed by atoms with van der Waals surface area (Å²) in [6, 6.07) is 16.5. The van der Waals surface area contributed by atoms with Gasteiger partial charge < -0.3 is 10.5 Å². The molecule has 0 spiro atoms. The molecule has 0 radical (unpaired) electrons. The first-order chi connectivity index (χ1) is 10.7. The van der Waals surface area contributed by atoms with Crippen LogP contribution in [0.4, 0.5) is 0 Å². The van der Waals surface area contributed by atoms with Crippen LogP contribution in [-0.4, -0.2) is 31.1 Å². The van der Waals surface area contributed by atoms with Gasteiger partial charge in [0, 0.05) is 31.6 Å². The highest BCUT2D eigenvalue weighted by atomic mass is 35.5. The molecule has 1 fully saturated rings. The average Bonchev–Trinajstić information content (AvgIpc) is 2.89. The molecule has 0 saturated carbocycles. The fourth-order valence-electron chi connectivity index (χ4n) is 3.18. The number of rotatable bonds is 4. The van der Waals surface area contributed by atoms with E-state index in [4.69, 9.17) is 22.1 Å². The first kappa shape index (κ1) is 15.3. The summed E-state index contributed by atoms with van der Waals surface area (Å²) in [7, 11) is 1.64. The molecule has 1 heterocycles. The van der Waals surface area contributed by atoms with Gasteiger partial charge >= 0.3 is 0 Å². The van der Waals surface area contributed by atoms with E-state index in [1.165, 1.54) is 5.56 Å². The minimum Gasteiger partial charge on any atom is -0.495 e. The van der Waals surface area contributed by atoms with E-state index in [0.717, 1.165) is 25.2 Å². The van der Waals surface area contributed by atoms with Crippen LogP contribution in [0, 0.1) is 0 Å². The highest BCUT2D eigenvalue weighted by Gasteiger charge is 2.32. The van der Waals surface area contributed by atoms with E-state index in [-0.39, 0.29) is 12.0 Å². The van der Waals surface area contributed by atoms with Crippen LogP contribution in [0.1, 0.15) is 17.0 Å². The van der Waals surface area contributed by atoms with Crippen LogP contribution in [-0.2, 0) is 6.54 Å². The van der Waals surface area contributed by atoms with Gasteiger partial charge in [-0.2, -0.15) is 0 Å². The molecule has 1 aliphatic rings. The van der Waals surface area contributed by atoms with E-state index in [9.17, 15) is 0 Å². The molecule has 0 aromatic heterocycles. The van der Waals surface area contributed by atoms with Crippen molar-refractivity contribution in [1.29, 1.82) is 0 Å². The minimum atomic E-state index is 0.0910. The number of benzene rings is 2. The molecule has 2 aromatic rings. The molecule has 0 bridgehead atoms. The number of nitrogens with zero attached hydrogens (tertiary/aromatic N) is 1. The van der Waals surface area contributed by atoms with Gasteiger partial charge in [0.25, 0.3) is 0 Å². The predicted octanol–water partition coefficient (Wildman–Crippen LogP) is 3.28. The van der Waals surface area contributed by atoms with Crippen molar-refractivity contribution in [3.63, 3.8) is 0 Å². The average molecular weight is 317 g/mol. The van der Waals surface area contributed by atoms with E-state index >= 15 is 0 Å². The molecule has 2 aromatic carbocycles. The Morgan fingerprint density at radius 3 is 2.64 bits per heavy atom. The summed E-state index contributed by atoms with van der Waals surface area (Å²) < 4.78 is 5.32. The second kappa shape index (κ2) is 6.69. The predicted molar refractivity (Wildman–Crippen MR) is 90.4 cm³/mol. The molecule has 4 heteroatoms. The van der Waals surface area contributed by atoms with E-state index in [2.05, 4.69) is 35.2 Å². The fourth-order valence-corrected chi connectivity index (χ4v) is 3.53. The summed E-state index contributed by atoms with van der Waals surface area (Å²) >= 11 is 6.46. The number of halogens is 1. The number of nitrogens with two attached hydrogens (primary N) is 1. The minimum absolute atomic E-state index is 0.0910. The standard InChI is InChI=1S/C18H21ClN2O/c1-22-17-9-5-8-14(18(17)19)15-11-21(12-16(15)20)10-13-6-3-2-4-7-13/h2-9,15-16H,10-12,20H2,1H3. The first-order valence-electron chi connectivity index (χ1n) is 7.53. The molecule has 116 valence electrons. The van der Waals surface area contributed by atoms with Crippen molar-refractivity contribution in [3.8, 4) is 5.75 Å². The molecular formula is C18H21ClN2O. The Morgan fingerprint density at radius 1 is 1.14 bits per heavy atom. The maximum atomic E-state index is 6.46. The highest BCUT2D eigenvalue weighted by Crippen LogP contribution is 2.36. The molecule has 3 rings (SSSR count). The van der Waals surface area contributed by atoms with Crippen molar-refractivity contribution in [2.24, 2.45) is 5.73 Å². The maximum absolute atomic E-state index is 6.46. The monoisotopic (exact) mass is 316 g/mol. The van der Waals surface area contributed by atoms with Gasteiger partial charge in [0.05, 0.1) is 12.1 Å². The van der Waals surface area contributed by atoms with E-state index in [1.807, 2.05) is 18.2 Å². The molecule has 2 unspecified atom stereocenters.